The normalized spacial score (nSPS) is 46.1. The number of nitrogens with zero attached hydrogens (tertiary/aromatic N) is 1. The van der Waals surface area contributed by atoms with Crippen molar-refractivity contribution in [3.05, 3.63) is 0 Å². The minimum absolute atomic E-state index is 0.109. The number of hydrogen-bond acceptors (Lipinski definition) is 2. The molecule has 3 fully saturated rings. The fourth-order valence-electron chi connectivity index (χ4n) is 4.60. The van der Waals surface area contributed by atoms with Crippen LogP contribution in [-0.2, 0) is 0 Å². The quantitative estimate of drug-likeness (QED) is 0.758. The van der Waals surface area contributed by atoms with Gasteiger partial charge in [0.2, 0.25) is 0 Å². The third-order valence-electron chi connectivity index (χ3n) is 5.71. The number of likely N-dealkylation sites (tertiary alicyclic amines) is 1. The van der Waals surface area contributed by atoms with Gasteiger partial charge in [-0.1, -0.05) is 20.3 Å². The predicted molar refractivity (Wildman–Crippen MR) is 69.9 cm³/mol. The van der Waals surface area contributed by atoms with Gasteiger partial charge >= 0.3 is 0 Å². The number of rotatable bonds is 1. The highest BCUT2D eigenvalue weighted by Gasteiger charge is 2.47. The first-order valence-corrected chi connectivity index (χ1v) is 7.53. The second kappa shape index (κ2) is 4.24. The molecule has 2 heteroatoms. The van der Waals surface area contributed by atoms with Gasteiger partial charge in [0.15, 0.2) is 0 Å². The Bertz CT molecular complexity index is 289. The van der Waals surface area contributed by atoms with Crippen LogP contribution in [0.2, 0.25) is 0 Å². The highest BCUT2D eigenvalue weighted by molar-refractivity contribution is 5.01. The maximum atomic E-state index is 10.5. The Hall–Kier alpha value is -0.0800. The first-order chi connectivity index (χ1) is 8.09. The number of aliphatic hydroxyl groups is 1. The fourth-order valence-corrected chi connectivity index (χ4v) is 4.60. The monoisotopic (exact) mass is 237 g/mol. The SMILES string of the molecule is CC1(C)CCC(N2CCCC3CCCC32)C1O. The summed E-state index contributed by atoms with van der Waals surface area (Å²) in [5.41, 5.74) is 0.135. The van der Waals surface area contributed by atoms with Crippen LogP contribution in [0.25, 0.3) is 0 Å². The molecule has 3 aliphatic rings. The van der Waals surface area contributed by atoms with E-state index in [1.807, 2.05) is 0 Å². The van der Waals surface area contributed by atoms with Crippen LogP contribution in [0.3, 0.4) is 0 Å². The molecule has 0 radical (unpaired) electrons. The number of hydrogen-bond donors (Lipinski definition) is 1. The molecule has 0 aromatic rings. The summed E-state index contributed by atoms with van der Waals surface area (Å²) in [4.78, 5) is 2.70. The van der Waals surface area contributed by atoms with Crippen LogP contribution in [0.4, 0.5) is 0 Å². The Morgan fingerprint density at radius 3 is 2.47 bits per heavy atom. The van der Waals surface area contributed by atoms with Crippen molar-refractivity contribution >= 4 is 0 Å². The lowest BCUT2D eigenvalue weighted by Gasteiger charge is -2.43. The Balaban J connectivity index is 1.75. The van der Waals surface area contributed by atoms with Crippen LogP contribution in [0.1, 0.15) is 58.8 Å². The molecule has 2 aliphatic carbocycles. The van der Waals surface area contributed by atoms with Crippen molar-refractivity contribution in [2.45, 2.75) is 77.0 Å². The van der Waals surface area contributed by atoms with E-state index in [1.54, 1.807) is 0 Å². The summed E-state index contributed by atoms with van der Waals surface area (Å²) in [5, 5.41) is 10.5. The molecule has 17 heavy (non-hydrogen) atoms. The van der Waals surface area contributed by atoms with E-state index in [4.69, 9.17) is 0 Å². The molecule has 0 aromatic carbocycles. The van der Waals surface area contributed by atoms with Crippen molar-refractivity contribution in [3.63, 3.8) is 0 Å². The van der Waals surface area contributed by atoms with E-state index in [9.17, 15) is 5.11 Å². The van der Waals surface area contributed by atoms with Gasteiger partial charge in [0.1, 0.15) is 0 Å². The number of fused-ring (bicyclic) bond motifs is 1. The van der Waals surface area contributed by atoms with E-state index < -0.39 is 0 Å². The van der Waals surface area contributed by atoms with Gasteiger partial charge in [-0.05, 0) is 56.4 Å². The Morgan fingerprint density at radius 2 is 1.76 bits per heavy atom. The average molecular weight is 237 g/mol. The zero-order valence-electron chi connectivity index (χ0n) is 11.4. The van der Waals surface area contributed by atoms with Gasteiger partial charge in [0.25, 0.3) is 0 Å². The van der Waals surface area contributed by atoms with Crippen LogP contribution >= 0.6 is 0 Å². The van der Waals surface area contributed by atoms with Crippen molar-refractivity contribution in [2.75, 3.05) is 6.54 Å². The lowest BCUT2D eigenvalue weighted by atomic mass is 9.86. The molecule has 4 atom stereocenters. The molecule has 1 saturated heterocycles. The minimum Gasteiger partial charge on any atom is -0.391 e. The van der Waals surface area contributed by atoms with E-state index in [0.717, 1.165) is 12.0 Å². The summed E-state index contributed by atoms with van der Waals surface area (Å²) in [6, 6.07) is 1.26. The third kappa shape index (κ3) is 1.94. The lowest BCUT2D eigenvalue weighted by molar-refractivity contribution is -0.0212. The molecule has 1 aliphatic heterocycles. The summed E-state index contributed by atoms with van der Waals surface area (Å²) in [7, 11) is 0. The molecule has 3 rings (SSSR count). The van der Waals surface area contributed by atoms with Crippen LogP contribution in [0, 0.1) is 11.3 Å². The number of piperidine rings is 1. The summed E-state index contributed by atoms with van der Waals surface area (Å²) >= 11 is 0. The smallest absolute Gasteiger partial charge is 0.0746 e. The van der Waals surface area contributed by atoms with E-state index in [2.05, 4.69) is 18.7 Å². The highest BCUT2D eigenvalue weighted by Crippen LogP contribution is 2.45. The standard InChI is InChI=1S/C15H27NO/c1-15(2)9-8-13(14(15)17)16-10-4-6-11-5-3-7-12(11)16/h11-14,17H,3-10H2,1-2H3. The molecule has 98 valence electrons. The molecule has 0 amide bonds. The van der Waals surface area contributed by atoms with E-state index in [1.165, 1.54) is 51.5 Å². The minimum atomic E-state index is -0.109. The Morgan fingerprint density at radius 1 is 1.00 bits per heavy atom. The van der Waals surface area contributed by atoms with E-state index >= 15 is 0 Å². The van der Waals surface area contributed by atoms with Gasteiger partial charge in [-0.2, -0.15) is 0 Å². The van der Waals surface area contributed by atoms with E-state index in [0.29, 0.717) is 6.04 Å². The van der Waals surface area contributed by atoms with Crippen molar-refractivity contribution in [3.8, 4) is 0 Å². The molecular weight excluding hydrogens is 210 g/mol. The van der Waals surface area contributed by atoms with Crippen molar-refractivity contribution in [1.82, 2.24) is 4.90 Å². The highest BCUT2D eigenvalue weighted by atomic mass is 16.3. The molecule has 0 bridgehead atoms. The van der Waals surface area contributed by atoms with Crippen molar-refractivity contribution in [1.29, 1.82) is 0 Å². The predicted octanol–water partition coefficient (Wildman–Crippen LogP) is 2.80. The van der Waals surface area contributed by atoms with E-state index in [-0.39, 0.29) is 11.5 Å². The molecular formula is C15H27NO. The molecule has 2 saturated carbocycles. The largest absolute Gasteiger partial charge is 0.391 e. The molecule has 1 N–H and O–H groups in total. The molecule has 0 aromatic heterocycles. The van der Waals surface area contributed by atoms with Gasteiger partial charge in [0, 0.05) is 12.1 Å². The van der Waals surface area contributed by atoms with Gasteiger partial charge in [-0.25, -0.2) is 0 Å². The summed E-state index contributed by atoms with van der Waals surface area (Å²) in [6.07, 6.45) is 9.31. The molecule has 2 nitrogen and oxygen atoms in total. The van der Waals surface area contributed by atoms with Crippen molar-refractivity contribution < 1.29 is 5.11 Å². The van der Waals surface area contributed by atoms with Crippen LogP contribution < -0.4 is 0 Å². The van der Waals surface area contributed by atoms with Crippen LogP contribution in [0.15, 0.2) is 0 Å². The van der Waals surface area contributed by atoms with Crippen molar-refractivity contribution in [2.24, 2.45) is 11.3 Å². The van der Waals surface area contributed by atoms with Gasteiger partial charge in [-0.15, -0.1) is 0 Å². The Labute approximate surface area is 105 Å². The van der Waals surface area contributed by atoms with Crippen LogP contribution in [-0.4, -0.2) is 34.7 Å². The summed E-state index contributed by atoms with van der Waals surface area (Å²) < 4.78 is 0. The second-order valence-electron chi connectivity index (χ2n) is 7.18. The molecule has 1 heterocycles. The van der Waals surface area contributed by atoms with Gasteiger partial charge in [-0.3, -0.25) is 4.90 Å². The Kier molecular flexibility index (Phi) is 2.99. The van der Waals surface area contributed by atoms with Gasteiger partial charge < -0.3 is 5.11 Å². The lowest BCUT2D eigenvalue weighted by Crippen LogP contribution is -2.52. The summed E-state index contributed by atoms with van der Waals surface area (Å²) in [6.45, 7) is 5.69. The summed E-state index contributed by atoms with van der Waals surface area (Å²) in [5.74, 6) is 0.944. The zero-order valence-corrected chi connectivity index (χ0v) is 11.4. The first kappa shape index (κ1) is 12.0. The zero-order chi connectivity index (χ0) is 12.0. The second-order valence-corrected chi connectivity index (χ2v) is 7.18. The fraction of sp³-hybridized carbons (Fsp3) is 1.00. The maximum absolute atomic E-state index is 10.5. The topological polar surface area (TPSA) is 23.5 Å². The molecule has 4 unspecified atom stereocenters. The van der Waals surface area contributed by atoms with Crippen LogP contribution in [0.5, 0.6) is 0 Å². The third-order valence-corrected chi connectivity index (χ3v) is 5.71. The molecule has 0 spiro atoms. The first-order valence-electron chi connectivity index (χ1n) is 7.53. The average Bonchev–Trinajstić information content (AvgIpc) is 2.85. The van der Waals surface area contributed by atoms with Gasteiger partial charge in [0.05, 0.1) is 6.10 Å². The number of aliphatic hydroxyl groups excluding tert-OH is 1. The maximum Gasteiger partial charge on any atom is 0.0746 e.